The van der Waals surface area contributed by atoms with Crippen LogP contribution in [0.3, 0.4) is 0 Å². The van der Waals surface area contributed by atoms with Crippen molar-refractivity contribution < 1.29 is 14.5 Å². The summed E-state index contributed by atoms with van der Waals surface area (Å²) in [6, 6.07) is 4.45. The second kappa shape index (κ2) is 7.03. The molecule has 1 amide bonds. The van der Waals surface area contributed by atoms with E-state index in [2.05, 4.69) is 5.32 Å². The van der Waals surface area contributed by atoms with Gasteiger partial charge in [0.2, 0.25) is 5.75 Å². The molecule has 0 aliphatic carbocycles. The van der Waals surface area contributed by atoms with E-state index in [4.69, 9.17) is 4.74 Å². The molecule has 1 aliphatic rings. The summed E-state index contributed by atoms with van der Waals surface area (Å²) >= 11 is 0. The van der Waals surface area contributed by atoms with Crippen LogP contribution < -0.4 is 10.1 Å². The van der Waals surface area contributed by atoms with Gasteiger partial charge in [-0.3, -0.25) is 14.9 Å². The number of nitro benzene ring substituents is 1. The fourth-order valence-corrected chi connectivity index (χ4v) is 2.35. The number of nitrogens with zero attached hydrogens (tertiary/aromatic N) is 2. The lowest BCUT2D eigenvalue weighted by Gasteiger charge is -2.21. The third-order valence-corrected chi connectivity index (χ3v) is 3.34. The highest BCUT2D eigenvalue weighted by molar-refractivity contribution is 5.98. The summed E-state index contributed by atoms with van der Waals surface area (Å²) in [5.74, 6) is -0.155. The van der Waals surface area contributed by atoms with Crippen LogP contribution in [0, 0.1) is 10.1 Å². The van der Waals surface area contributed by atoms with Crippen molar-refractivity contribution in [3.8, 4) is 5.75 Å². The number of nitrogens with one attached hydrogen (secondary N) is 1. The Bertz CT molecular complexity index is 525. The molecule has 1 fully saturated rings. The molecule has 1 aliphatic heterocycles. The zero-order valence-corrected chi connectivity index (χ0v) is 12.0. The largest absolute Gasteiger partial charge is 0.487 e. The summed E-state index contributed by atoms with van der Waals surface area (Å²) in [6.07, 6.45) is 0.866. The van der Waals surface area contributed by atoms with Crippen LogP contribution in [-0.2, 0) is 0 Å². The van der Waals surface area contributed by atoms with E-state index in [1.165, 1.54) is 12.1 Å². The van der Waals surface area contributed by atoms with Gasteiger partial charge in [0.1, 0.15) is 0 Å². The van der Waals surface area contributed by atoms with Gasteiger partial charge in [-0.1, -0.05) is 6.07 Å². The maximum Gasteiger partial charge on any atom is 0.311 e. The molecule has 1 heterocycles. The maximum atomic E-state index is 12.6. The first-order valence-electron chi connectivity index (χ1n) is 7.05. The molecular formula is C14H19N3O4. The van der Waals surface area contributed by atoms with E-state index >= 15 is 0 Å². The van der Waals surface area contributed by atoms with Gasteiger partial charge < -0.3 is 15.0 Å². The summed E-state index contributed by atoms with van der Waals surface area (Å²) in [5, 5.41) is 14.3. The van der Waals surface area contributed by atoms with Gasteiger partial charge in [0.25, 0.3) is 5.91 Å². The maximum absolute atomic E-state index is 12.6. The van der Waals surface area contributed by atoms with Gasteiger partial charge in [0, 0.05) is 25.7 Å². The monoisotopic (exact) mass is 293 g/mol. The van der Waals surface area contributed by atoms with Crippen molar-refractivity contribution in [3.63, 3.8) is 0 Å². The van der Waals surface area contributed by atoms with Crippen LogP contribution in [0.2, 0.25) is 0 Å². The Hall–Kier alpha value is -2.15. The normalized spacial score (nSPS) is 15.4. The molecule has 2 rings (SSSR count). The van der Waals surface area contributed by atoms with Crippen LogP contribution in [0.1, 0.15) is 23.7 Å². The molecule has 7 nitrogen and oxygen atoms in total. The number of nitro groups is 1. The van der Waals surface area contributed by atoms with Crippen molar-refractivity contribution >= 4 is 11.6 Å². The smallest absolute Gasteiger partial charge is 0.311 e. The SMILES string of the molecule is CCOc1c(C(=O)N2CCCNCC2)cccc1[N+](=O)[O-]. The molecule has 114 valence electrons. The number of rotatable bonds is 4. The summed E-state index contributed by atoms with van der Waals surface area (Å²) in [5.41, 5.74) is 0.0867. The minimum atomic E-state index is -0.522. The molecule has 0 saturated carbocycles. The first-order valence-corrected chi connectivity index (χ1v) is 7.05. The molecule has 1 saturated heterocycles. The van der Waals surface area contributed by atoms with E-state index < -0.39 is 4.92 Å². The quantitative estimate of drug-likeness (QED) is 0.670. The van der Waals surface area contributed by atoms with Crippen molar-refractivity contribution in [1.29, 1.82) is 0 Å². The third kappa shape index (κ3) is 3.49. The Balaban J connectivity index is 2.34. The Labute approximate surface area is 123 Å². The van der Waals surface area contributed by atoms with Gasteiger partial charge in [-0.15, -0.1) is 0 Å². The second-order valence-electron chi connectivity index (χ2n) is 4.74. The average Bonchev–Trinajstić information content (AvgIpc) is 2.76. The predicted molar refractivity (Wildman–Crippen MR) is 77.7 cm³/mol. The number of benzene rings is 1. The third-order valence-electron chi connectivity index (χ3n) is 3.34. The second-order valence-corrected chi connectivity index (χ2v) is 4.74. The molecule has 0 spiro atoms. The van der Waals surface area contributed by atoms with Gasteiger partial charge in [-0.2, -0.15) is 0 Å². The molecule has 0 radical (unpaired) electrons. The van der Waals surface area contributed by atoms with Gasteiger partial charge in [-0.25, -0.2) is 0 Å². The van der Waals surface area contributed by atoms with Crippen LogP contribution in [0.15, 0.2) is 18.2 Å². The zero-order valence-electron chi connectivity index (χ0n) is 12.0. The Morgan fingerprint density at radius 2 is 2.24 bits per heavy atom. The summed E-state index contributed by atoms with van der Waals surface area (Å²) < 4.78 is 5.37. The van der Waals surface area contributed by atoms with Crippen LogP contribution >= 0.6 is 0 Å². The molecule has 21 heavy (non-hydrogen) atoms. The lowest BCUT2D eigenvalue weighted by molar-refractivity contribution is -0.385. The molecule has 0 bridgehead atoms. The molecule has 0 aromatic heterocycles. The number of para-hydroxylation sites is 1. The van der Waals surface area contributed by atoms with E-state index in [-0.39, 0.29) is 29.5 Å². The van der Waals surface area contributed by atoms with Crippen LogP contribution in [0.25, 0.3) is 0 Å². The van der Waals surface area contributed by atoms with Crippen molar-refractivity contribution in [3.05, 3.63) is 33.9 Å². The van der Waals surface area contributed by atoms with E-state index in [0.29, 0.717) is 13.1 Å². The topological polar surface area (TPSA) is 84.7 Å². The first kappa shape index (κ1) is 15.2. The number of amides is 1. The Morgan fingerprint density at radius 3 is 2.95 bits per heavy atom. The molecular weight excluding hydrogens is 274 g/mol. The van der Waals surface area contributed by atoms with E-state index in [9.17, 15) is 14.9 Å². The highest BCUT2D eigenvalue weighted by Crippen LogP contribution is 2.31. The summed E-state index contributed by atoms with van der Waals surface area (Å²) in [7, 11) is 0. The number of carbonyl (C=O) groups is 1. The standard InChI is InChI=1S/C14H19N3O4/c1-2-21-13-11(5-3-6-12(13)17(19)20)14(18)16-9-4-7-15-8-10-16/h3,5-6,15H,2,4,7-10H2,1H3. The van der Waals surface area contributed by atoms with Gasteiger partial charge in [-0.05, 0) is 26.0 Å². The fourth-order valence-electron chi connectivity index (χ4n) is 2.35. The van der Waals surface area contributed by atoms with Crippen LogP contribution in [-0.4, -0.2) is 48.5 Å². The molecule has 1 aromatic rings. The van der Waals surface area contributed by atoms with Gasteiger partial charge >= 0.3 is 5.69 Å². The highest BCUT2D eigenvalue weighted by Gasteiger charge is 2.26. The van der Waals surface area contributed by atoms with Crippen LogP contribution in [0.5, 0.6) is 5.75 Å². The predicted octanol–water partition coefficient (Wildman–Crippen LogP) is 1.43. The zero-order chi connectivity index (χ0) is 15.2. The molecule has 1 N–H and O–H groups in total. The summed E-state index contributed by atoms with van der Waals surface area (Å²) in [4.78, 5) is 24.9. The number of ether oxygens (including phenoxy) is 1. The highest BCUT2D eigenvalue weighted by atomic mass is 16.6. The number of carbonyl (C=O) groups excluding carboxylic acids is 1. The van der Waals surface area contributed by atoms with E-state index in [1.807, 2.05) is 0 Å². The fraction of sp³-hybridized carbons (Fsp3) is 0.500. The minimum Gasteiger partial charge on any atom is -0.487 e. The summed E-state index contributed by atoms with van der Waals surface area (Å²) in [6.45, 7) is 4.84. The van der Waals surface area contributed by atoms with E-state index in [1.54, 1.807) is 17.9 Å². The lowest BCUT2D eigenvalue weighted by atomic mass is 10.1. The van der Waals surface area contributed by atoms with Crippen molar-refractivity contribution in [2.75, 3.05) is 32.8 Å². The average molecular weight is 293 g/mol. The number of hydrogen-bond donors (Lipinski definition) is 1. The van der Waals surface area contributed by atoms with Crippen molar-refractivity contribution in [1.82, 2.24) is 10.2 Å². The van der Waals surface area contributed by atoms with Gasteiger partial charge in [0.15, 0.2) is 0 Å². The van der Waals surface area contributed by atoms with Gasteiger partial charge in [0.05, 0.1) is 17.1 Å². The minimum absolute atomic E-state index is 0.0622. The van der Waals surface area contributed by atoms with Crippen molar-refractivity contribution in [2.24, 2.45) is 0 Å². The lowest BCUT2D eigenvalue weighted by Crippen LogP contribution is -2.34. The molecule has 0 atom stereocenters. The van der Waals surface area contributed by atoms with Crippen LogP contribution in [0.4, 0.5) is 5.69 Å². The van der Waals surface area contributed by atoms with E-state index in [0.717, 1.165) is 19.5 Å². The number of hydrogen-bond acceptors (Lipinski definition) is 5. The molecule has 7 heteroatoms. The molecule has 0 unspecified atom stereocenters. The first-order chi connectivity index (χ1) is 10.1. The Kier molecular flexibility index (Phi) is 5.10. The van der Waals surface area contributed by atoms with Crippen molar-refractivity contribution in [2.45, 2.75) is 13.3 Å². The Morgan fingerprint density at radius 1 is 1.43 bits per heavy atom. The molecule has 1 aromatic carbocycles.